The first-order valence-electron chi connectivity index (χ1n) is 23.3. The molecule has 3 N–H and O–H groups in total. The number of carbonyl (C=O) groups excluding carboxylic acids is 1. The fourth-order valence-electron chi connectivity index (χ4n) is 11.4. The molecule has 338 valence electrons. The Morgan fingerprint density at radius 1 is 0.883 bits per heavy atom. The molecule has 0 saturated carbocycles. The summed E-state index contributed by atoms with van der Waals surface area (Å²) in [7, 11) is 0. The van der Waals surface area contributed by atoms with E-state index in [9.17, 15) is 24.9 Å². The molecular formula is C49H76O11. The van der Waals surface area contributed by atoms with Crippen LogP contribution in [0.5, 0.6) is 0 Å². The number of carboxylic acid groups (broad SMARTS) is 1. The average molecular weight is 841 g/mol. The van der Waals surface area contributed by atoms with Crippen LogP contribution in [0.25, 0.3) is 0 Å². The van der Waals surface area contributed by atoms with E-state index in [1.807, 2.05) is 77.1 Å². The molecule has 5 aliphatic heterocycles. The molecule has 6 rings (SSSR count). The van der Waals surface area contributed by atoms with Crippen molar-refractivity contribution in [2.45, 2.75) is 206 Å². The lowest BCUT2D eigenvalue weighted by molar-refractivity contribution is -0.412. The fourth-order valence-corrected chi connectivity index (χ4v) is 11.4. The van der Waals surface area contributed by atoms with Crippen LogP contribution in [0, 0.1) is 41.4 Å². The Labute approximate surface area is 359 Å². The number of aliphatic carboxylic acids is 1. The van der Waals surface area contributed by atoms with Gasteiger partial charge in [0.2, 0.25) is 5.79 Å². The first kappa shape index (κ1) is 47.3. The van der Waals surface area contributed by atoms with Gasteiger partial charge in [-0.25, -0.2) is 0 Å². The van der Waals surface area contributed by atoms with Crippen molar-refractivity contribution < 1.29 is 53.3 Å². The summed E-state index contributed by atoms with van der Waals surface area (Å²) in [5.74, 6) is -5.51. The Bertz CT molecular complexity index is 1640. The number of ether oxygens (including phenoxy) is 6. The number of carbonyl (C=O) groups is 2. The number of hydrogen-bond acceptors (Lipinski definition) is 10. The van der Waals surface area contributed by atoms with E-state index in [1.54, 1.807) is 6.92 Å². The summed E-state index contributed by atoms with van der Waals surface area (Å²) < 4.78 is 41.4. The van der Waals surface area contributed by atoms with E-state index >= 15 is 0 Å². The molecule has 60 heavy (non-hydrogen) atoms. The predicted octanol–water partition coefficient (Wildman–Crippen LogP) is 8.41. The van der Waals surface area contributed by atoms with Gasteiger partial charge in [0.05, 0.1) is 60.4 Å². The minimum absolute atomic E-state index is 0.0231. The van der Waals surface area contributed by atoms with Crippen molar-refractivity contribution in [3.8, 4) is 0 Å². The van der Waals surface area contributed by atoms with E-state index in [4.69, 9.17) is 28.4 Å². The lowest BCUT2D eigenvalue weighted by Crippen LogP contribution is -2.63. The molecule has 11 heteroatoms. The van der Waals surface area contributed by atoms with Crippen molar-refractivity contribution in [1.82, 2.24) is 0 Å². The summed E-state index contributed by atoms with van der Waals surface area (Å²) in [6.07, 6.45) is 6.83. The number of Topliss-reactive ketones (excluding diaryl/α,β-unsaturated/α-hetero) is 1. The third kappa shape index (κ3) is 9.21. The second kappa shape index (κ2) is 18.9. The molecule has 1 aromatic carbocycles. The van der Waals surface area contributed by atoms with Gasteiger partial charge in [0.25, 0.3) is 0 Å². The Hall–Kier alpha value is -2.22. The molecule has 0 aromatic heterocycles. The lowest BCUT2D eigenvalue weighted by Gasteiger charge is -2.55. The number of aliphatic hydroxyl groups is 2. The molecule has 5 heterocycles. The maximum absolute atomic E-state index is 14.7. The van der Waals surface area contributed by atoms with Gasteiger partial charge in [0, 0.05) is 30.1 Å². The number of rotatable bonds is 15. The van der Waals surface area contributed by atoms with Gasteiger partial charge in [-0.1, -0.05) is 85.7 Å². The first-order valence-corrected chi connectivity index (χ1v) is 23.3. The Morgan fingerprint density at radius 2 is 1.58 bits per heavy atom. The van der Waals surface area contributed by atoms with Gasteiger partial charge in [-0.3, -0.25) is 9.59 Å². The third-order valence-corrected chi connectivity index (χ3v) is 15.7. The van der Waals surface area contributed by atoms with E-state index in [1.165, 1.54) is 0 Å². The zero-order chi connectivity index (χ0) is 43.8. The maximum Gasteiger partial charge on any atom is 0.309 e. The number of benzene rings is 1. The highest BCUT2D eigenvalue weighted by atomic mass is 16.8. The highest BCUT2D eigenvalue weighted by molar-refractivity contribution is 5.84. The van der Waals surface area contributed by atoms with Crippen LogP contribution in [0.1, 0.15) is 139 Å². The van der Waals surface area contributed by atoms with Crippen molar-refractivity contribution in [2.75, 3.05) is 0 Å². The molecule has 4 fully saturated rings. The van der Waals surface area contributed by atoms with Crippen LogP contribution in [0.3, 0.4) is 0 Å². The Morgan fingerprint density at radius 3 is 2.22 bits per heavy atom. The van der Waals surface area contributed by atoms with Gasteiger partial charge in [0.15, 0.2) is 5.79 Å². The molecule has 11 nitrogen and oxygen atoms in total. The summed E-state index contributed by atoms with van der Waals surface area (Å²) >= 11 is 0. The second-order valence-corrected chi connectivity index (χ2v) is 19.7. The maximum atomic E-state index is 14.7. The van der Waals surface area contributed by atoms with Crippen molar-refractivity contribution in [1.29, 1.82) is 0 Å². The van der Waals surface area contributed by atoms with Crippen LogP contribution in [0.4, 0.5) is 0 Å². The van der Waals surface area contributed by atoms with E-state index in [0.717, 1.165) is 18.4 Å². The minimum Gasteiger partial charge on any atom is -0.481 e. The SMILES string of the molecule is CC[C@@H](C(=O)[C@@H](C)[C@@H](O)[C@H](C)[C@@H]1O[C@@H]([C@@H](CC)C(=O)O)CC[C@@H]1C)[C@H]1O[C@@]2(C=C[C@@H](OCc3ccccc3)[C@]3(CC[C@@](C)([C@H]4CC[C@](O)(CC)[C@H](C)O4)O3)O2)[C@H](C)C[C@@H]1C. The molecule has 5 aliphatic rings. The summed E-state index contributed by atoms with van der Waals surface area (Å²) in [5, 5.41) is 33.0. The number of ketones is 1. The van der Waals surface area contributed by atoms with Crippen LogP contribution in [0.15, 0.2) is 42.5 Å². The zero-order valence-corrected chi connectivity index (χ0v) is 38.0. The van der Waals surface area contributed by atoms with Crippen LogP contribution >= 0.6 is 0 Å². The van der Waals surface area contributed by atoms with Crippen molar-refractivity contribution >= 4 is 11.8 Å². The molecule has 18 atom stereocenters. The van der Waals surface area contributed by atoms with Gasteiger partial charge in [-0.2, -0.15) is 0 Å². The average Bonchev–Trinajstić information content (AvgIpc) is 3.57. The van der Waals surface area contributed by atoms with Gasteiger partial charge in [0.1, 0.15) is 11.9 Å². The van der Waals surface area contributed by atoms with Crippen LogP contribution in [0.2, 0.25) is 0 Å². The fraction of sp³-hybridized carbons (Fsp3) is 0.796. The minimum atomic E-state index is -1.21. The normalized spacial score (nSPS) is 42.1. The number of carboxylic acids is 1. The summed E-state index contributed by atoms with van der Waals surface area (Å²) in [4.78, 5) is 26.7. The topological polar surface area (TPSA) is 150 Å². The van der Waals surface area contributed by atoms with Gasteiger partial charge >= 0.3 is 5.97 Å². The van der Waals surface area contributed by atoms with Crippen LogP contribution in [-0.4, -0.2) is 92.6 Å². The predicted molar refractivity (Wildman–Crippen MR) is 228 cm³/mol. The molecule has 0 aliphatic carbocycles. The van der Waals surface area contributed by atoms with E-state index in [0.29, 0.717) is 58.0 Å². The smallest absolute Gasteiger partial charge is 0.309 e. The summed E-state index contributed by atoms with van der Waals surface area (Å²) in [6, 6.07) is 10.0. The molecule has 2 spiro atoms. The van der Waals surface area contributed by atoms with Crippen LogP contribution < -0.4 is 0 Å². The number of aliphatic hydroxyl groups excluding tert-OH is 1. The monoisotopic (exact) mass is 841 g/mol. The largest absolute Gasteiger partial charge is 0.481 e. The first-order chi connectivity index (χ1) is 28.4. The molecule has 1 aromatic rings. The molecule has 0 radical (unpaired) electrons. The quantitative estimate of drug-likeness (QED) is 0.146. The summed E-state index contributed by atoms with van der Waals surface area (Å²) in [5.41, 5.74) is -0.560. The third-order valence-electron chi connectivity index (χ3n) is 15.7. The molecule has 0 unspecified atom stereocenters. The van der Waals surface area contributed by atoms with E-state index in [2.05, 4.69) is 27.7 Å². The standard InChI is InChI=1S/C49H76O11/c1-11-36(45(52)53)38-20-19-29(4)43(57-38)33(8)41(50)32(7)42(51)37(12-2)44-30(5)27-31(6)48(58-44)24-22-40(55-28-35-17-15-14-16-18-35)49(60-48)26-25-46(10,59-49)39-21-23-47(54,13-3)34(9)56-39/h14-18,22,24,29-34,36-41,43-44,50,54H,11-13,19-21,23,25-28H2,1-10H3,(H,52,53)/t29-,30-,31+,32-,33-,34-,36+,37-,38+,39+,40+,41+,43+,44-,46-,47+,48+,49-/m0/s1. The lowest BCUT2D eigenvalue weighted by atomic mass is 9.72. The molecule has 4 saturated heterocycles. The highest BCUT2D eigenvalue weighted by Gasteiger charge is 2.63. The van der Waals surface area contributed by atoms with Gasteiger partial charge < -0.3 is 43.7 Å². The number of hydrogen-bond donors (Lipinski definition) is 3. The van der Waals surface area contributed by atoms with Crippen molar-refractivity contribution in [2.24, 2.45) is 41.4 Å². The second-order valence-electron chi connectivity index (χ2n) is 19.7. The highest BCUT2D eigenvalue weighted by Crippen LogP contribution is 2.54. The van der Waals surface area contributed by atoms with Crippen molar-refractivity contribution in [3.05, 3.63) is 48.0 Å². The summed E-state index contributed by atoms with van der Waals surface area (Å²) in [6.45, 7) is 20.3. The van der Waals surface area contributed by atoms with Gasteiger partial charge in [-0.15, -0.1) is 0 Å². The molecular weight excluding hydrogens is 765 g/mol. The van der Waals surface area contributed by atoms with E-state index < -0.39 is 70.9 Å². The van der Waals surface area contributed by atoms with Gasteiger partial charge in [-0.05, 0) is 101 Å². The molecule has 0 amide bonds. The molecule has 0 bridgehead atoms. The van der Waals surface area contributed by atoms with Crippen molar-refractivity contribution in [3.63, 3.8) is 0 Å². The Kier molecular flexibility index (Phi) is 14.9. The van der Waals surface area contributed by atoms with Crippen LogP contribution in [-0.2, 0) is 44.6 Å². The van der Waals surface area contributed by atoms with E-state index in [-0.39, 0.29) is 47.8 Å². The Balaban J connectivity index is 1.23. The zero-order valence-electron chi connectivity index (χ0n) is 38.0.